The predicted molar refractivity (Wildman–Crippen MR) is 83.5 cm³/mol. The molecule has 0 saturated carbocycles. The Bertz CT molecular complexity index is 632. The van der Waals surface area contributed by atoms with Gasteiger partial charge in [0, 0.05) is 19.5 Å². The number of benzene rings is 1. The van der Waals surface area contributed by atoms with Gasteiger partial charge in [-0.2, -0.15) is 0 Å². The highest BCUT2D eigenvalue weighted by Crippen LogP contribution is 2.32. The summed E-state index contributed by atoms with van der Waals surface area (Å²) in [5, 5.41) is 0. The van der Waals surface area contributed by atoms with Crippen molar-refractivity contribution in [1.29, 1.82) is 0 Å². The smallest absolute Gasteiger partial charge is 0.414 e. The van der Waals surface area contributed by atoms with E-state index in [4.69, 9.17) is 4.74 Å². The van der Waals surface area contributed by atoms with Crippen LogP contribution in [0.5, 0.6) is 0 Å². The van der Waals surface area contributed by atoms with Gasteiger partial charge in [-0.25, -0.2) is 9.18 Å². The molecule has 5 nitrogen and oxygen atoms in total. The van der Waals surface area contributed by atoms with Gasteiger partial charge in [0.15, 0.2) is 0 Å². The van der Waals surface area contributed by atoms with Gasteiger partial charge in [-0.05, 0) is 30.0 Å². The van der Waals surface area contributed by atoms with Gasteiger partial charge < -0.3 is 9.64 Å². The van der Waals surface area contributed by atoms with Crippen LogP contribution in [0.1, 0.15) is 32.3 Å². The van der Waals surface area contributed by atoms with Crippen molar-refractivity contribution in [1.82, 2.24) is 4.90 Å². The third-order valence-electron chi connectivity index (χ3n) is 4.30. The minimum atomic E-state index is -0.441. The van der Waals surface area contributed by atoms with E-state index in [1.807, 2.05) is 13.8 Å². The lowest BCUT2D eigenvalue weighted by molar-refractivity contribution is -0.132. The van der Waals surface area contributed by atoms with Crippen LogP contribution < -0.4 is 4.90 Å². The van der Waals surface area contributed by atoms with E-state index in [1.165, 1.54) is 17.0 Å². The number of amides is 2. The molecule has 2 aliphatic heterocycles. The third-order valence-corrected chi connectivity index (χ3v) is 4.30. The van der Waals surface area contributed by atoms with Crippen LogP contribution in [-0.2, 0) is 16.1 Å². The molecule has 0 N–H and O–H groups in total. The van der Waals surface area contributed by atoms with Gasteiger partial charge in [0.25, 0.3) is 0 Å². The largest absolute Gasteiger partial charge is 0.447 e. The highest BCUT2D eigenvalue weighted by Gasteiger charge is 2.37. The molecule has 2 aliphatic rings. The number of hydrogen-bond acceptors (Lipinski definition) is 3. The van der Waals surface area contributed by atoms with E-state index < -0.39 is 11.9 Å². The maximum atomic E-state index is 13.7. The summed E-state index contributed by atoms with van der Waals surface area (Å²) in [6.07, 6.45) is 0.676. The van der Waals surface area contributed by atoms with Gasteiger partial charge in [-0.1, -0.05) is 19.9 Å². The van der Waals surface area contributed by atoms with Crippen LogP contribution >= 0.6 is 0 Å². The number of ether oxygens (including phenoxy) is 1. The van der Waals surface area contributed by atoms with Crippen LogP contribution in [-0.4, -0.2) is 36.1 Å². The zero-order valence-corrected chi connectivity index (χ0v) is 13.4. The highest BCUT2D eigenvalue weighted by atomic mass is 19.1. The molecule has 1 saturated heterocycles. The first kappa shape index (κ1) is 15.8. The first-order valence-corrected chi connectivity index (χ1v) is 7.98. The van der Waals surface area contributed by atoms with E-state index in [2.05, 4.69) is 0 Å². The molecule has 0 unspecified atom stereocenters. The number of fused-ring (bicyclic) bond motifs is 3. The maximum absolute atomic E-state index is 13.7. The van der Waals surface area contributed by atoms with Gasteiger partial charge in [0.2, 0.25) is 5.91 Å². The van der Waals surface area contributed by atoms with E-state index in [1.54, 1.807) is 11.0 Å². The fraction of sp³-hybridized carbons (Fsp3) is 0.529. The highest BCUT2D eigenvalue weighted by molar-refractivity contribution is 5.91. The van der Waals surface area contributed by atoms with E-state index in [0.29, 0.717) is 31.6 Å². The van der Waals surface area contributed by atoms with Crippen molar-refractivity contribution in [2.24, 2.45) is 5.92 Å². The van der Waals surface area contributed by atoms with Crippen molar-refractivity contribution in [3.8, 4) is 0 Å². The lowest BCUT2D eigenvalue weighted by Crippen LogP contribution is -2.42. The molecule has 1 aromatic rings. The Morgan fingerprint density at radius 1 is 1.43 bits per heavy atom. The molecular weight excluding hydrogens is 299 g/mol. The molecule has 0 aliphatic carbocycles. The van der Waals surface area contributed by atoms with Crippen LogP contribution in [0.2, 0.25) is 0 Å². The number of carbonyl (C=O) groups is 2. The first-order valence-electron chi connectivity index (χ1n) is 7.98. The number of halogens is 1. The van der Waals surface area contributed by atoms with Gasteiger partial charge >= 0.3 is 6.09 Å². The first-order chi connectivity index (χ1) is 11.0. The van der Waals surface area contributed by atoms with Gasteiger partial charge in [0.1, 0.15) is 12.4 Å². The lowest BCUT2D eigenvalue weighted by Gasteiger charge is -2.32. The number of anilines is 1. The van der Waals surface area contributed by atoms with Gasteiger partial charge in [-0.15, -0.1) is 0 Å². The zero-order chi connectivity index (χ0) is 16.6. The molecule has 0 radical (unpaired) electrons. The Kier molecular flexibility index (Phi) is 4.24. The molecule has 0 aromatic heterocycles. The summed E-state index contributed by atoms with van der Waals surface area (Å²) in [6.45, 7) is 5.26. The van der Waals surface area contributed by atoms with E-state index in [-0.39, 0.29) is 24.5 Å². The fourth-order valence-corrected chi connectivity index (χ4v) is 3.14. The molecule has 2 amide bonds. The third kappa shape index (κ3) is 3.16. The van der Waals surface area contributed by atoms with Crippen LogP contribution in [0.3, 0.4) is 0 Å². The predicted octanol–water partition coefficient (Wildman–Crippen LogP) is 2.93. The van der Waals surface area contributed by atoms with Gasteiger partial charge in [-0.3, -0.25) is 9.69 Å². The maximum Gasteiger partial charge on any atom is 0.414 e. The number of cyclic esters (lactones) is 1. The molecule has 1 atom stereocenters. The van der Waals surface area contributed by atoms with Crippen LogP contribution in [0, 0.1) is 11.7 Å². The summed E-state index contributed by atoms with van der Waals surface area (Å²) in [5.41, 5.74) is 1.28. The summed E-state index contributed by atoms with van der Waals surface area (Å²) < 4.78 is 18.8. The van der Waals surface area contributed by atoms with Crippen molar-refractivity contribution in [2.45, 2.75) is 39.3 Å². The molecule has 1 fully saturated rings. The Labute approximate surface area is 135 Å². The van der Waals surface area contributed by atoms with Crippen molar-refractivity contribution in [3.63, 3.8) is 0 Å². The molecule has 1 aromatic carbocycles. The summed E-state index contributed by atoms with van der Waals surface area (Å²) in [4.78, 5) is 27.8. The second kappa shape index (κ2) is 6.18. The molecule has 2 heterocycles. The number of nitrogens with zero attached hydrogens (tertiary/aromatic N) is 2. The van der Waals surface area contributed by atoms with Gasteiger partial charge in [0.05, 0.1) is 11.7 Å². The Hall–Kier alpha value is -2.11. The molecule has 124 valence electrons. The Morgan fingerprint density at radius 2 is 2.22 bits per heavy atom. The van der Waals surface area contributed by atoms with Crippen LogP contribution in [0.25, 0.3) is 0 Å². The van der Waals surface area contributed by atoms with Crippen molar-refractivity contribution in [2.75, 3.05) is 18.1 Å². The summed E-state index contributed by atoms with van der Waals surface area (Å²) in [6, 6.07) is 4.21. The van der Waals surface area contributed by atoms with Crippen molar-refractivity contribution < 1.29 is 18.7 Å². The second-order valence-corrected chi connectivity index (χ2v) is 6.58. The number of rotatable bonds is 2. The number of hydrogen-bond donors (Lipinski definition) is 0. The molecule has 6 heteroatoms. The van der Waals surface area contributed by atoms with Crippen LogP contribution in [0.4, 0.5) is 14.9 Å². The minimum Gasteiger partial charge on any atom is -0.447 e. The normalized spacial score (nSPS) is 20.7. The van der Waals surface area contributed by atoms with Crippen LogP contribution in [0.15, 0.2) is 18.2 Å². The molecule has 3 rings (SSSR count). The average molecular weight is 320 g/mol. The molecule has 23 heavy (non-hydrogen) atoms. The summed E-state index contributed by atoms with van der Waals surface area (Å²) in [7, 11) is 0. The minimum absolute atomic E-state index is 0.0916. The monoisotopic (exact) mass is 320 g/mol. The molecular formula is C17H21FN2O3. The molecule has 0 spiro atoms. The lowest BCUT2D eigenvalue weighted by atomic mass is 10.0. The van der Waals surface area contributed by atoms with Crippen molar-refractivity contribution in [3.05, 3.63) is 29.6 Å². The van der Waals surface area contributed by atoms with E-state index in [0.717, 1.165) is 5.56 Å². The zero-order valence-electron chi connectivity index (χ0n) is 13.4. The van der Waals surface area contributed by atoms with E-state index in [9.17, 15) is 14.0 Å². The number of carbonyl (C=O) groups excluding carboxylic acids is 2. The topological polar surface area (TPSA) is 49.9 Å². The van der Waals surface area contributed by atoms with Crippen molar-refractivity contribution >= 4 is 17.7 Å². The molecule has 0 bridgehead atoms. The summed E-state index contributed by atoms with van der Waals surface area (Å²) in [5.74, 6) is -0.0229. The SMILES string of the molecule is CC(C)CC(=O)N1CC[C@H]2COC(=O)N2c2cc(F)ccc2C1. The Morgan fingerprint density at radius 3 is 2.96 bits per heavy atom. The quantitative estimate of drug-likeness (QED) is 0.842. The fourth-order valence-electron chi connectivity index (χ4n) is 3.14. The average Bonchev–Trinajstić information content (AvgIpc) is 2.82. The standard InChI is InChI=1S/C17H21FN2O3/c1-11(2)7-16(21)19-6-5-14-10-23-17(22)20(14)15-8-13(18)4-3-12(15)9-19/h3-4,8,11,14H,5-7,9-10H2,1-2H3/t14-/m0/s1. The second-order valence-electron chi connectivity index (χ2n) is 6.58. The Balaban J connectivity index is 1.95. The summed E-state index contributed by atoms with van der Waals surface area (Å²) >= 11 is 0. The van der Waals surface area contributed by atoms with E-state index >= 15 is 0 Å².